The number of rotatable bonds is 6. The summed E-state index contributed by atoms with van der Waals surface area (Å²) in [4.78, 5) is 24.2. The number of nitrogens with zero attached hydrogens (tertiary/aromatic N) is 8. The Hall–Kier alpha value is -3.41. The molecule has 3 saturated heterocycles. The quantitative estimate of drug-likeness (QED) is 0.435. The van der Waals surface area contributed by atoms with Crippen molar-refractivity contribution in [3.8, 4) is 23.7 Å². The first-order chi connectivity index (χ1) is 20.8. The van der Waals surface area contributed by atoms with Crippen molar-refractivity contribution in [2.75, 3.05) is 56.6 Å². The maximum atomic E-state index is 14.4. The summed E-state index contributed by atoms with van der Waals surface area (Å²) >= 11 is 1.46. The molecule has 1 aliphatic carbocycles. The van der Waals surface area contributed by atoms with Gasteiger partial charge in [0.1, 0.15) is 23.8 Å². The minimum Gasteiger partial charge on any atom is -0.461 e. The SMILES string of the molecule is CC1COCCN(c2nc(OCC34CCCN3C[C@H](F)C4)nc(-c3noc([C@@]4(C)CCCc5sc(N)c(C#N)c54)n3)n2)C1. The highest BCUT2D eigenvalue weighted by Gasteiger charge is 2.49. The zero-order valence-electron chi connectivity index (χ0n) is 24.5. The molecule has 0 bridgehead atoms. The highest BCUT2D eigenvalue weighted by molar-refractivity contribution is 7.16. The normalized spacial score (nSPS) is 29.2. The van der Waals surface area contributed by atoms with Crippen molar-refractivity contribution in [3.05, 3.63) is 21.9 Å². The second-order valence-electron chi connectivity index (χ2n) is 12.6. The summed E-state index contributed by atoms with van der Waals surface area (Å²) in [6, 6.07) is 2.43. The average molecular weight is 610 g/mol. The Bertz CT molecular complexity index is 1560. The third-order valence-corrected chi connectivity index (χ3v) is 10.5. The average Bonchev–Trinajstić information content (AvgIpc) is 3.73. The standard InChI is InChI=1S/C29H36FN9O3S/c1-17-13-38(9-10-40-15-17)26-34-23(35-27(36-26)41-16-29-7-4-8-39(29)14-18(30)11-29)24-33-25(42-37-24)28(2)6-3-5-20-21(28)19(12-31)22(32)43-20/h17-18H,3-11,13-16,32H2,1-2H3/t17?,18-,28+,29?/m1/s1. The molecule has 4 atom stereocenters. The summed E-state index contributed by atoms with van der Waals surface area (Å²) in [5.74, 6) is 1.56. The molecular weight excluding hydrogens is 573 g/mol. The van der Waals surface area contributed by atoms with Gasteiger partial charge in [0.15, 0.2) is 0 Å². The number of ether oxygens (including phenoxy) is 2. The third kappa shape index (κ3) is 5.01. The number of nitrogens with two attached hydrogens (primary N) is 1. The zero-order chi connectivity index (χ0) is 29.8. The molecule has 0 amide bonds. The van der Waals surface area contributed by atoms with Gasteiger partial charge in [0.05, 0.1) is 29.7 Å². The van der Waals surface area contributed by atoms with Gasteiger partial charge in [-0.1, -0.05) is 12.1 Å². The molecule has 3 aromatic rings. The fourth-order valence-corrected chi connectivity index (χ4v) is 8.50. The molecule has 7 rings (SSSR count). The van der Waals surface area contributed by atoms with Gasteiger partial charge in [0.25, 0.3) is 0 Å². The van der Waals surface area contributed by atoms with E-state index in [2.05, 4.69) is 32.9 Å². The second kappa shape index (κ2) is 10.9. The Kier molecular flexibility index (Phi) is 7.22. The molecule has 2 N–H and O–H groups in total. The lowest BCUT2D eigenvalue weighted by Gasteiger charge is -2.31. The number of thiophene rings is 1. The Morgan fingerprint density at radius 1 is 1.16 bits per heavy atom. The van der Waals surface area contributed by atoms with Crippen molar-refractivity contribution in [1.29, 1.82) is 5.26 Å². The van der Waals surface area contributed by atoms with E-state index in [-0.39, 0.29) is 29.1 Å². The van der Waals surface area contributed by atoms with Gasteiger partial charge in [-0.2, -0.15) is 25.2 Å². The highest BCUT2D eigenvalue weighted by atomic mass is 32.1. The molecule has 12 nitrogen and oxygen atoms in total. The van der Waals surface area contributed by atoms with Gasteiger partial charge < -0.3 is 24.6 Å². The Labute approximate surface area is 253 Å². The van der Waals surface area contributed by atoms with Crippen molar-refractivity contribution < 1.29 is 18.4 Å². The molecule has 3 fully saturated rings. The Balaban J connectivity index is 1.24. The van der Waals surface area contributed by atoms with E-state index in [0.29, 0.717) is 68.3 Å². The molecule has 0 aromatic carbocycles. The number of nitrogen functional groups attached to an aromatic ring is 1. The van der Waals surface area contributed by atoms with Crippen LogP contribution >= 0.6 is 11.3 Å². The van der Waals surface area contributed by atoms with E-state index in [4.69, 9.17) is 34.7 Å². The molecule has 4 aliphatic rings. The molecule has 228 valence electrons. The molecule has 3 aliphatic heterocycles. The number of alkyl halides is 1. The van der Waals surface area contributed by atoms with Gasteiger partial charge in [0.2, 0.25) is 23.5 Å². The molecule has 6 heterocycles. The molecule has 14 heteroatoms. The number of aromatic nitrogens is 5. The number of fused-ring (bicyclic) bond motifs is 2. The summed E-state index contributed by atoms with van der Waals surface area (Å²) in [5, 5.41) is 14.7. The number of anilines is 2. The second-order valence-corrected chi connectivity index (χ2v) is 13.7. The van der Waals surface area contributed by atoms with Crippen molar-refractivity contribution in [2.45, 2.75) is 69.5 Å². The maximum absolute atomic E-state index is 14.4. The smallest absolute Gasteiger partial charge is 0.321 e. The van der Waals surface area contributed by atoms with Crippen LogP contribution in [0, 0.1) is 17.2 Å². The molecular formula is C29H36FN9O3S. The summed E-state index contributed by atoms with van der Waals surface area (Å²) < 4.78 is 32.3. The largest absolute Gasteiger partial charge is 0.461 e. The number of hydrogen-bond acceptors (Lipinski definition) is 13. The fourth-order valence-electron chi connectivity index (χ4n) is 7.31. The van der Waals surface area contributed by atoms with Gasteiger partial charge in [-0.15, -0.1) is 11.3 Å². The predicted octanol–water partition coefficient (Wildman–Crippen LogP) is 3.51. The van der Waals surface area contributed by atoms with Gasteiger partial charge in [-0.25, -0.2) is 4.39 Å². The van der Waals surface area contributed by atoms with Crippen LogP contribution in [0.15, 0.2) is 4.52 Å². The predicted molar refractivity (Wildman–Crippen MR) is 157 cm³/mol. The number of halogens is 1. The van der Waals surface area contributed by atoms with Crippen LogP contribution < -0.4 is 15.4 Å². The number of aryl methyl sites for hydroxylation is 1. The first kappa shape index (κ1) is 28.4. The lowest BCUT2D eigenvalue weighted by Crippen LogP contribution is -2.43. The van der Waals surface area contributed by atoms with Crippen molar-refractivity contribution in [3.63, 3.8) is 0 Å². The van der Waals surface area contributed by atoms with Crippen LogP contribution in [0.2, 0.25) is 0 Å². The van der Waals surface area contributed by atoms with Crippen LogP contribution in [0.1, 0.15) is 67.8 Å². The Morgan fingerprint density at radius 2 is 2.05 bits per heavy atom. The van der Waals surface area contributed by atoms with Gasteiger partial charge in [-0.05, 0) is 51.5 Å². The monoisotopic (exact) mass is 609 g/mol. The lowest BCUT2D eigenvalue weighted by atomic mass is 9.72. The maximum Gasteiger partial charge on any atom is 0.321 e. The molecule has 3 aromatic heterocycles. The van der Waals surface area contributed by atoms with Gasteiger partial charge in [0, 0.05) is 36.5 Å². The molecule has 43 heavy (non-hydrogen) atoms. The van der Waals surface area contributed by atoms with Crippen molar-refractivity contribution in [2.24, 2.45) is 5.92 Å². The fraction of sp³-hybridized carbons (Fsp3) is 0.655. The van der Waals surface area contributed by atoms with Gasteiger partial charge in [-0.3, -0.25) is 4.90 Å². The highest BCUT2D eigenvalue weighted by Crippen LogP contribution is 2.48. The molecule has 0 spiro atoms. The summed E-state index contributed by atoms with van der Waals surface area (Å²) in [7, 11) is 0. The van der Waals surface area contributed by atoms with E-state index in [9.17, 15) is 9.65 Å². The van der Waals surface area contributed by atoms with E-state index in [1.165, 1.54) is 11.3 Å². The van der Waals surface area contributed by atoms with Crippen LogP contribution in [-0.2, 0) is 16.6 Å². The van der Waals surface area contributed by atoms with Crippen LogP contribution in [0.4, 0.5) is 15.3 Å². The van der Waals surface area contributed by atoms with Gasteiger partial charge >= 0.3 is 6.01 Å². The summed E-state index contributed by atoms with van der Waals surface area (Å²) in [6.45, 7) is 8.29. The first-order valence-corrected chi connectivity index (χ1v) is 15.9. The van der Waals surface area contributed by atoms with E-state index in [0.717, 1.165) is 49.1 Å². The van der Waals surface area contributed by atoms with E-state index < -0.39 is 11.6 Å². The Morgan fingerprint density at radius 3 is 2.91 bits per heavy atom. The van der Waals surface area contributed by atoms with E-state index in [1.54, 1.807) is 0 Å². The molecule has 0 radical (unpaired) electrons. The van der Waals surface area contributed by atoms with Crippen molar-refractivity contribution in [1.82, 2.24) is 30.0 Å². The van der Waals surface area contributed by atoms with Crippen LogP contribution in [0.3, 0.4) is 0 Å². The summed E-state index contributed by atoms with van der Waals surface area (Å²) in [5.41, 5.74) is 6.57. The van der Waals surface area contributed by atoms with E-state index in [1.807, 2.05) is 6.92 Å². The molecule has 2 unspecified atom stereocenters. The minimum atomic E-state index is -0.855. The van der Waals surface area contributed by atoms with Crippen LogP contribution in [0.5, 0.6) is 6.01 Å². The zero-order valence-corrected chi connectivity index (χ0v) is 25.3. The number of nitriles is 1. The minimum absolute atomic E-state index is 0.149. The van der Waals surface area contributed by atoms with Crippen LogP contribution in [0.25, 0.3) is 11.6 Å². The first-order valence-electron chi connectivity index (χ1n) is 15.0. The molecule has 0 saturated carbocycles. The third-order valence-electron chi connectivity index (χ3n) is 9.41. The summed E-state index contributed by atoms with van der Waals surface area (Å²) in [6.07, 6.45) is 4.00. The lowest BCUT2D eigenvalue weighted by molar-refractivity contribution is 0.107. The number of hydrogen-bond donors (Lipinski definition) is 1. The van der Waals surface area contributed by atoms with Crippen molar-refractivity contribution >= 4 is 22.3 Å². The topological polar surface area (TPSA) is 152 Å². The van der Waals surface area contributed by atoms with Crippen LogP contribution in [-0.4, -0.2) is 87.7 Å². The van der Waals surface area contributed by atoms with E-state index >= 15 is 0 Å².